The average molecular weight is 460 g/mol. The number of aromatic amines is 1. The van der Waals surface area contributed by atoms with Crippen molar-refractivity contribution in [2.45, 2.75) is 46.6 Å². The number of benzene rings is 1. The maximum Gasteiger partial charge on any atom is 0.255 e. The Morgan fingerprint density at radius 2 is 2.12 bits per heavy atom. The predicted molar refractivity (Wildman–Crippen MR) is 135 cm³/mol. The predicted octanol–water partition coefficient (Wildman–Crippen LogP) is 6.65. The number of nitrogens with zero attached hydrogens (tertiary/aromatic N) is 1. The summed E-state index contributed by atoms with van der Waals surface area (Å²) < 4.78 is 5.39. The van der Waals surface area contributed by atoms with E-state index in [-0.39, 0.29) is 11.3 Å². The van der Waals surface area contributed by atoms with Crippen molar-refractivity contribution in [1.82, 2.24) is 10.3 Å². The minimum Gasteiger partial charge on any atom is -0.467 e. The lowest BCUT2D eigenvalue weighted by Crippen LogP contribution is -2.28. The first-order chi connectivity index (χ1) is 15.9. The lowest BCUT2D eigenvalue weighted by atomic mass is 9.72. The maximum atomic E-state index is 13.3. The SMILES string of the molecule is CC(C)(C)[C@@H]1CCc2c(sc(N=Cc3c[nH]c4ccccc34)c2C(=O)NCc2ccco2)C1. The van der Waals surface area contributed by atoms with Crippen molar-refractivity contribution in [2.24, 2.45) is 16.3 Å². The van der Waals surface area contributed by atoms with E-state index in [0.717, 1.165) is 52.1 Å². The summed E-state index contributed by atoms with van der Waals surface area (Å²) in [7, 11) is 0. The summed E-state index contributed by atoms with van der Waals surface area (Å²) in [5.74, 6) is 1.27. The van der Waals surface area contributed by atoms with Crippen LogP contribution in [0.25, 0.3) is 10.9 Å². The largest absolute Gasteiger partial charge is 0.467 e. The topological polar surface area (TPSA) is 70.4 Å². The molecular weight excluding hydrogens is 430 g/mol. The van der Waals surface area contributed by atoms with Crippen molar-refractivity contribution >= 4 is 39.4 Å². The summed E-state index contributed by atoms with van der Waals surface area (Å²) in [6, 6.07) is 11.9. The Balaban J connectivity index is 1.49. The number of aromatic nitrogens is 1. The molecule has 3 heterocycles. The van der Waals surface area contributed by atoms with E-state index < -0.39 is 0 Å². The Morgan fingerprint density at radius 3 is 2.91 bits per heavy atom. The average Bonchev–Trinajstić information content (AvgIpc) is 3.53. The molecule has 1 aromatic carbocycles. The van der Waals surface area contributed by atoms with Crippen LogP contribution in [-0.2, 0) is 19.4 Å². The zero-order chi connectivity index (χ0) is 23.0. The Kier molecular flexibility index (Phi) is 5.71. The van der Waals surface area contributed by atoms with Gasteiger partial charge in [0.1, 0.15) is 10.8 Å². The normalized spacial score (nSPS) is 16.4. The molecule has 1 aliphatic rings. The van der Waals surface area contributed by atoms with E-state index in [1.165, 1.54) is 10.4 Å². The van der Waals surface area contributed by atoms with Gasteiger partial charge in [-0.05, 0) is 54.4 Å². The van der Waals surface area contributed by atoms with Gasteiger partial charge >= 0.3 is 0 Å². The van der Waals surface area contributed by atoms with E-state index >= 15 is 0 Å². The molecule has 0 saturated carbocycles. The molecule has 170 valence electrons. The van der Waals surface area contributed by atoms with Crippen LogP contribution in [0.4, 0.5) is 5.00 Å². The van der Waals surface area contributed by atoms with Crippen LogP contribution >= 0.6 is 11.3 Å². The first-order valence-electron chi connectivity index (χ1n) is 11.5. The van der Waals surface area contributed by atoms with Crippen LogP contribution < -0.4 is 5.32 Å². The van der Waals surface area contributed by atoms with Gasteiger partial charge in [0.25, 0.3) is 5.91 Å². The molecule has 1 aliphatic carbocycles. The van der Waals surface area contributed by atoms with Gasteiger partial charge in [-0.2, -0.15) is 0 Å². The first kappa shape index (κ1) is 21.7. The standard InChI is InChI=1S/C27H29N3O2S/c1-27(2,3)18-10-11-21-23(13-18)33-26(24(21)25(31)29-16-19-7-6-12-32-19)30-15-17-14-28-22-9-5-4-8-20(17)22/h4-9,12,14-15,18,28H,10-11,13,16H2,1-3H3,(H,29,31)/t18-/m1/s1. The van der Waals surface area contributed by atoms with Crippen molar-refractivity contribution in [3.8, 4) is 0 Å². The van der Waals surface area contributed by atoms with Gasteiger partial charge < -0.3 is 14.7 Å². The lowest BCUT2D eigenvalue weighted by molar-refractivity contribution is 0.0947. The number of para-hydroxylation sites is 1. The van der Waals surface area contributed by atoms with E-state index in [1.807, 2.05) is 36.7 Å². The van der Waals surface area contributed by atoms with Crippen LogP contribution in [0.15, 0.2) is 58.3 Å². The quantitative estimate of drug-likeness (QED) is 0.328. The Labute approximate surface area is 197 Å². The van der Waals surface area contributed by atoms with E-state index in [9.17, 15) is 4.79 Å². The monoisotopic (exact) mass is 459 g/mol. The number of furan rings is 1. The fourth-order valence-corrected chi connectivity index (χ4v) is 5.90. The molecule has 4 aromatic rings. The Morgan fingerprint density at radius 1 is 1.27 bits per heavy atom. The summed E-state index contributed by atoms with van der Waals surface area (Å²) in [5.41, 5.74) is 4.24. The molecule has 33 heavy (non-hydrogen) atoms. The molecule has 6 heteroatoms. The molecule has 1 atom stereocenters. The van der Waals surface area contributed by atoms with Crippen molar-refractivity contribution in [2.75, 3.05) is 0 Å². The number of carbonyl (C=O) groups is 1. The second kappa shape index (κ2) is 8.67. The third-order valence-corrected chi connectivity index (χ3v) is 7.81. The summed E-state index contributed by atoms with van der Waals surface area (Å²) in [6.45, 7) is 7.29. The molecule has 1 amide bonds. The minimum atomic E-state index is -0.0795. The number of carbonyl (C=O) groups excluding carboxylic acids is 1. The number of hydrogen-bond acceptors (Lipinski definition) is 4. The van der Waals surface area contributed by atoms with Crippen LogP contribution in [0.2, 0.25) is 0 Å². The van der Waals surface area contributed by atoms with Crippen molar-refractivity contribution in [3.05, 3.63) is 76.2 Å². The molecule has 0 radical (unpaired) electrons. The molecule has 0 spiro atoms. The molecular formula is C27H29N3O2S. The number of amides is 1. The van der Waals surface area contributed by atoms with Crippen molar-refractivity contribution < 1.29 is 9.21 Å². The lowest BCUT2D eigenvalue weighted by Gasteiger charge is -2.33. The van der Waals surface area contributed by atoms with E-state index in [0.29, 0.717) is 12.5 Å². The van der Waals surface area contributed by atoms with Crippen molar-refractivity contribution in [3.63, 3.8) is 0 Å². The van der Waals surface area contributed by atoms with Crippen LogP contribution in [-0.4, -0.2) is 17.1 Å². The van der Waals surface area contributed by atoms with Gasteiger partial charge in [-0.15, -0.1) is 11.3 Å². The Hall–Kier alpha value is -3.12. The summed E-state index contributed by atoms with van der Waals surface area (Å²) in [6.07, 6.45) is 8.48. The first-order valence-corrected chi connectivity index (χ1v) is 12.3. The molecule has 3 aromatic heterocycles. The summed E-state index contributed by atoms with van der Waals surface area (Å²) in [4.78, 5) is 22.8. The van der Waals surface area contributed by atoms with Gasteiger partial charge in [-0.3, -0.25) is 4.79 Å². The van der Waals surface area contributed by atoms with Gasteiger partial charge in [0.15, 0.2) is 0 Å². The van der Waals surface area contributed by atoms with Crippen LogP contribution in [0.3, 0.4) is 0 Å². The smallest absolute Gasteiger partial charge is 0.255 e. The maximum absolute atomic E-state index is 13.3. The van der Waals surface area contributed by atoms with E-state index in [2.05, 4.69) is 43.2 Å². The molecule has 0 saturated heterocycles. The van der Waals surface area contributed by atoms with Crippen LogP contribution in [0.5, 0.6) is 0 Å². The number of rotatable bonds is 5. The molecule has 0 fully saturated rings. The second-order valence-electron chi connectivity index (χ2n) is 9.80. The van der Waals surface area contributed by atoms with Crippen LogP contribution in [0, 0.1) is 11.3 Å². The number of aliphatic imine (C=N–C) groups is 1. The number of fused-ring (bicyclic) bond motifs is 2. The highest BCUT2D eigenvalue weighted by Gasteiger charge is 2.33. The molecule has 2 N–H and O–H groups in total. The van der Waals surface area contributed by atoms with Gasteiger partial charge in [0.05, 0.1) is 18.4 Å². The molecule has 0 aliphatic heterocycles. The van der Waals surface area contributed by atoms with E-state index in [1.54, 1.807) is 17.6 Å². The Bertz CT molecular complexity index is 1310. The molecule has 5 rings (SSSR count). The summed E-state index contributed by atoms with van der Waals surface area (Å²) >= 11 is 1.67. The number of nitrogens with one attached hydrogen (secondary N) is 2. The fraction of sp³-hybridized carbons (Fsp3) is 0.333. The summed E-state index contributed by atoms with van der Waals surface area (Å²) in [5, 5.41) is 4.95. The van der Waals surface area contributed by atoms with Gasteiger partial charge in [0.2, 0.25) is 0 Å². The second-order valence-corrected chi connectivity index (χ2v) is 10.9. The highest BCUT2D eigenvalue weighted by atomic mass is 32.1. The van der Waals surface area contributed by atoms with Gasteiger partial charge in [0, 0.05) is 33.8 Å². The third kappa shape index (κ3) is 4.40. The van der Waals surface area contributed by atoms with Crippen molar-refractivity contribution in [1.29, 1.82) is 0 Å². The fourth-order valence-electron chi connectivity index (χ4n) is 4.63. The highest BCUT2D eigenvalue weighted by molar-refractivity contribution is 7.16. The zero-order valence-corrected chi connectivity index (χ0v) is 20.1. The number of H-pyrrole nitrogens is 1. The minimum absolute atomic E-state index is 0.0795. The van der Waals surface area contributed by atoms with Gasteiger partial charge in [-0.1, -0.05) is 39.0 Å². The number of thiophene rings is 1. The van der Waals surface area contributed by atoms with Gasteiger partial charge in [-0.25, -0.2) is 4.99 Å². The third-order valence-electron chi connectivity index (χ3n) is 6.64. The van der Waals surface area contributed by atoms with E-state index in [4.69, 9.17) is 9.41 Å². The molecule has 0 bridgehead atoms. The molecule has 5 nitrogen and oxygen atoms in total. The highest BCUT2D eigenvalue weighted by Crippen LogP contribution is 2.45. The van der Waals surface area contributed by atoms with Crippen LogP contribution in [0.1, 0.15) is 59.3 Å². The molecule has 0 unspecified atom stereocenters. The number of hydrogen-bond donors (Lipinski definition) is 2. The zero-order valence-electron chi connectivity index (χ0n) is 19.3.